The van der Waals surface area contributed by atoms with Crippen molar-refractivity contribution in [3.05, 3.63) is 0 Å². The maximum atomic E-state index is 3.24. The zero-order valence-electron chi connectivity index (χ0n) is 10.1. The normalized spacial score (nSPS) is 9.07. The maximum Gasteiger partial charge on any atom is 0.0576 e. The van der Waals surface area contributed by atoms with Crippen LogP contribution in [-0.4, -0.2) is 26.7 Å². The third-order valence-corrected chi connectivity index (χ3v) is 1.67. The van der Waals surface area contributed by atoms with E-state index >= 15 is 0 Å². The molecular formula is C13H22N2. The van der Waals surface area contributed by atoms with Gasteiger partial charge >= 0.3 is 0 Å². The highest BCUT2D eigenvalue weighted by molar-refractivity contribution is 5.03. The highest BCUT2D eigenvalue weighted by Crippen LogP contribution is 1.95. The lowest BCUT2D eigenvalue weighted by atomic mass is 10.1. The summed E-state index contributed by atoms with van der Waals surface area (Å²) in [7, 11) is 1.90. The molecule has 2 N–H and O–H groups in total. The Morgan fingerprint density at radius 1 is 1.00 bits per heavy atom. The fraction of sp³-hybridized carbons (Fsp3) is 0.692. The second-order valence-corrected chi connectivity index (χ2v) is 3.76. The van der Waals surface area contributed by atoms with Crippen LogP contribution in [0.2, 0.25) is 0 Å². The minimum Gasteiger partial charge on any atom is -0.309 e. The Morgan fingerprint density at radius 2 is 1.73 bits per heavy atom. The van der Waals surface area contributed by atoms with E-state index in [-0.39, 0.29) is 0 Å². The molecule has 84 valence electrons. The standard InChI is InChI=1S/C13H22N2/c1-13(2)9-5-8-12-15-11-7-4-6-10-14-3/h13-15H,7,9-12H2,1-3H3. The molecule has 0 rings (SSSR count). The molecule has 0 aromatic carbocycles. The van der Waals surface area contributed by atoms with Crippen molar-refractivity contribution < 1.29 is 0 Å². The molecule has 0 unspecified atom stereocenters. The summed E-state index contributed by atoms with van der Waals surface area (Å²) in [4.78, 5) is 0. The molecule has 0 radical (unpaired) electrons. The summed E-state index contributed by atoms with van der Waals surface area (Å²) in [5.74, 6) is 13.0. The summed E-state index contributed by atoms with van der Waals surface area (Å²) in [6.07, 6.45) is 1.89. The van der Waals surface area contributed by atoms with Crippen LogP contribution in [0, 0.1) is 29.6 Å². The van der Waals surface area contributed by atoms with Gasteiger partial charge < -0.3 is 10.6 Å². The van der Waals surface area contributed by atoms with E-state index in [2.05, 4.69) is 48.2 Å². The van der Waals surface area contributed by atoms with Crippen molar-refractivity contribution in [2.24, 2.45) is 5.92 Å². The topological polar surface area (TPSA) is 24.1 Å². The highest BCUT2D eigenvalue weighted by Gasteiger charge is 1.85. The second-order valence-electron chi connectivity index (χ2n) is 3.76. The molecule has 0 aliphatic carbocycles. The van der Waals surface area contributed by atoms with Gasteiger partial charge in [0.05, 0.1) is 13.1 Å². The molecular weight excluding hydrogens is 184 g/mol. The van der Waals surface area contributed by atoms with Crippen molar-refractivity contribution in [2.75, 3.05) is 26.7 Å². The molecule has 0 spiro atoms. The van der Waals surface area contributed by atoms with E-state index in [4.69, 9.17) is 0 Å². The minimum absolute atomic E-state index is 0.671. The quantitative estimate of drug-likeness (QED) is 0.522. The Hall–Kier alpha value is -0.960. The fourth-order valence-electron chi connectivity index (χ4n) is 0.880. The van der Waals surface area contributed by atoms with Gasteiger partial charge in [-0.15, -0.1) is 11.8 Å². The summed E-state index contributed by atoms with van der Waals surface area (Å²) < 4.78 is 0. The summed E-state index contributed by atoms with van der Waals surface area (Å²) in [5, 5.41) is 6.22. The lowest BCUT2D eigenvalue weighted by Crippen LogP contribution is -2.14. The molecule has 0 saturated heterocycles. The van der Waals surface area contributed by atoms with Crippen molar-refractivity contribution in [1.29, 1.82) is 0 Å². The van der Waals surface area contributed by atoms with Crippen LogP contribution in [0.5, 0.6) is 0 Å². The third-order valence-electron chi connectivity index (χ3n) is 1.67. The SMILES string of the molecule is CNCC#CCCNCC#CCC(C)C. The van der Waals surface area contributed by atoms with Crippen LogP contribution in [-0.2, 0) is 0 Å². The molecule has 15 heavy (non-hydrogen) atoms. The van der Waals surface area contributed by atoms with Gasteiger partial charge in [0, 0.05) is 19.4 Å². The van der Waals surface area contributed by atoms with E-state index in [1.807, 2.05) is 7.05 Å². The maximum absolute atomic E-state index is 3.24. The van der Waals surface area contributed by atoms with Crippen LogP contribution in [0.3, 0.4) is 0 Å². The number of hydrogen-bond donors (Lipinski definition) is 2. The predicted molar refractivity (Wildman–Crippen MR) is 66.4 cm³/mol. The first-order valence-electron chi connectivity index (χ1n) is 5.54. The molecule has 0 heterocycles. The second kappa shape index (κ2) is 11.1. The van der Waals surface area contributed by atoms with Gasteiger partial charge in [-0.25, -0.2) is 0 Å². The van der Waals surface area contributed by atoms with Gasteiger partial charge in [0.15, 0.2) is 0 Å². The fourth-order valence-corrected chi connectivity index (χ4v) is 0.880. The molecule has 0 aromatic rings. The highest BCUT2D eigenvalue weighted by atomic mass is 14.8. The van der Waals surface area contributed by atoms with Crippen LogP contribution >= 0.6 is 0 Å². The van der Waals surface area contributed by atoms with Crippen LogP contribution < -0.4 is 10.6 Å². The van der Waals surface area contributed by atoms with Crippen LogP contribution in [0.25, 0.3) is 0 Å². The first-order chi connectivity index (χ1) is 7.27. The largest absolute Gasteiger partial charge is 0.309 e. The Labute approximate surface area is 94.2 Å². The van der Waals surface area contributed by atoms with Crippen molar-refractivity contribution in [3.8, 4) is 23.7 Å². The Kier molecular flexibility index (Phi) is 10.4. The van der Waals surface area contributed by atoms with Gasteiger partial charge in [-0.1, -0.05) is 25.7 Å². The molecule has 0 saturated carbocycles. The lowest BCUT2D eigenvalue weighted by molar-refractivity contribution is 0.675. The number of hydrogen-bond acceptors (Lipinski definition) is 2. The van der Waals surface area contributed by atoms with E-state index < -0.39 is 0 Å². The summed E-state index contributed by atoms with van der Waals surface area (Å²) in [6, 6.07) is 0. The predicted octanol–water partition coefficient (Wildman–Crippen LogP) is 1.24. The van der Waals surface area contributed by atoms with Crippen molar-refractivity contribution in [1.82, 2.24) is 10.6 Å². The van der Waals surface area contributed by atoms with Gasteiger partial charge in [0.2, 0.25) is 0 Å². The van der Waals surface area contributed by atoms with Crippen LogP contribution in [0.15, 0.2) is 0 Å². The Balaban J connectivity index is 3.24. The van der Waals surface area contributed by atoms with E-state index in [9.17, 15) is 0 Å². The van der Waals surface area contributed by atoms with Crippen LogP contribution in [0.1, 0.15) is 26.7 Å². The third kappa shape index (κ3) is 13.0. The molecule has 0 aromatic heterocycles. The Morgan fingerprint density at radius 3 is 2.40 bits per heavy atom. The first kappa shape index (κ1) is 14.0. The average Bonchev–Trinajstić information content (AvgIpc) is 2.20. The van der Waals surface area contributed by atoms with E-state index in [1.165, 1.54) is 0 Å². The molecule has 0 bridgehead atoms. The van der Waals surface area contributed by atoms with Crippen molar-refractivity contribution in [3.63, 3.8) is 0 Å². The summed E-state index contributed by atoms with van der Waals surface area (Å²) in [6.45, 7) is 6.83. The van der Waals surface area contributed by atoms with Gasteiger partial charge in [0.1, 0.15) is 0 Å². The van der Waals surface area contributed by atoms with Gasteiger partial charge in [-0.3, -0.25) is 0 Å². The van der Waals surface area contributed by atoms with Gasteiger partial charge in [0.25, 0.3) is 0 Å². The molecule has 0 atom stereocenters. The summed E-state index contributed by atoms with van der Waals surface area (Å²) >= 11 is 0. The molecule has 0 amide bonds. The van der Waals surface area contributed by atoms with E-state index in [0.29, 0.717) is 5.92 Å². The Bertz CT molecular complexity index is 247. The molecule has 2 nitrogen and oxygen atoms in total. The lowest BCUT2D eigenvalue weighted by Gasteiger charge is -1.95. The molecule has 2 heteroatoms. The zero-order valence-corrected chi connectivity index (χ0v) is 10.1. The molecule has 0 aliphatic heterocycles. The minimum atomic E-state index is 0.671. The van der Waals surface area contributed by atoms with Crippen LogP contribution in [0.4, 0.5) is 0 Å². The van der Waals surface area contributed by atoms with Gasteiger partial charge in [-0.05, 0) is 13.0 Å². The summed E-state index contributed by atoms with van der Waals surface area (Å²) in [5.41, 5.74) is 0. The first-order valence-corrected chi connectivity index (χ1v) is 5.54. The number of rotatable bonds is 5. The van der Waals surface area contributed by atoms with Crippen molar-refractivity contribution >= 4 is 0 Å². The van der Waals surface area contributed by atoms with E-state index in [1.54, 1.807) is 0 Å². The average molecular weight is 206 g/mol. The zero-order chi connectivity index (χ0) is 11.4. The monoisotopic (exact) mass is 206 g/mol. The number of nitrogens with one attached hydrogen (secondary N) is 2. The van der Waals surface area contributed by atoms with E-state index in [0.717, 1.165) is 32.5 Å². The smallest absolute Gasteiger partial charge is 0.0576 e. The van der Waals surface area contributed by atoms with Gasteiger partial charge in [-0.2, -0.15) is 0 Å². The molecule has 0 aliphatic rings. The molecule has 0 fully saturated rings. The van der Waals surface area contributed by atoms with Crippen molar-refractivity contribution in [2.45, 2.75) is 26.7 Å².